The molecule has 0 radical (unpaired) electrons. The maximum atomic E-state index is 2.71. The van der Waals surface area contributed by atoms with Crippen LogP contribution in [0.3, 0.4) is 0 Å². The Morgan fingerprint density at radius 1 is 0.392 bits per heavy atom. The molecular weight excluding hydrogens is 619 g/mol. The summed E-state index contributed by atoms with van der Waals surface area (Å²) >= 11 is 0. The second kappa shape index (κ2) is 11.4. The summed E-state index contributed by atoms with van der Waals surface area (Å²) in [6.07, 6.45) is 9.31. The average molecular weight is 659 g/mol. The summed E-state index contributed by atoms with van der Waals surface area (Å²) < 4.78 is 5.35. The summed E-state index contributed by atoms with van der Waals surface area (Å²) in [5.74, 6) is 1.31. The van der Waals surface area contributed by atoms with Crippen molar-refractivity contribution >= 4 is 57.5 Å². The van der Waals surface area contributed by atoms with Crippen LogP contribution in [0.2, 0.25) is 0 Å². The van der Waals surface area contributed by atoms with Crippen LogP contribution in [0.25, 0.3) is 11.4 Å². The number of aromatic nitrogens is 2. The van der Waals surface area contributed by atoms with Crippen LogP contribution in [0.15, 0.2) is 140 Å². The molecule has 4 aliphatic rings. The zero-order valence-electron chi connectivity index (χ0n) is 28.8. The van der Waals surface area contributed by atoms with E-state index in [0.717, 1.165) is 25.7 Å². The Morgan fingerprint density at radius 3 is 1.47 bits per heavy atom. The van der Waals surface area contributed by atoms with E-state index < -0.39 is 0 Å². The molecule has 0 saturated carbocycles. The Morgan fingerprint density at radius 2 is 0.863 bits per heavy atom. The Bertz CT molecular complexity index is 2430. The van der Waals surface area contributed by atoms with Crippen LogP contribution in [-0.4, -0.2) is 15.8 Å². The second-order valence-corrected chi connectivity index (χ2v) is 14.6. The highest BCUT2D eigenvalue weighted by atomic mass is 15.3. The quantitative estimate of drug-likeness (QED) is 0.176. The van der Waals surface area contributed by atoms with Crippen molar-refractivity contribution in [2.45, 2.75) is 51.4 Å². The van der Waals surface area contributed by atoms with Gasteiger partial charge in [-0.25, -0.2) is 0 Å². The third-order valence-corrected chi connectivity index (χ3v) is 11.9. The van der Waals surface area contributed by atoms with E-state index in [2.05, 4.69) is 158 Å². The van der Waals surface area contributed by atoms with Crippen molar-refractivity contribution in [1.29, 1.82) is 0 Å². The molecule has 0 saturated heterocycles. The van der Waals surface area contributed by atoms with Gasteiger partial charge < -0.3 is 14.0 Å². The first kappa shape index (κ1) is 29.1. The maximum absolute atomic E-state index is 2.71. The third kappa shape index (κ3) is 4.15. The van der Waals surface area contributed by atoms with Crippen molar-refractivity contribution < 1.29 is 0 Å². The smallest absolute Gasteiger partial charge is 0.275 e. The minimum Gasteiger partial charge on any atom is -0.323 e. The molecule has 2 aliphatic heterocycles. The third-order valence-electron chi connectivity index (χ3n) is 11.9. The minimum atomic E-state index is 0.0868. The van der Waals surface area contributed by atoms with Gasteiger partial charge in [0, 0.05) is 51.1 Å². The number of para-hydroxylation sites is 4. The summed E-state index contributed by atoms with van der Waals surface area (Å²) in [5.41, 5.74) is 19.4. The molecule has 51 heavy (non-hydrogen) atoms. The molecule has 2 aliphatic carbocycles. The van der Waals surface area contributed by atoms with Gasteiger partial charge in [0.05, 0.1) is 5.69 Å². The molecule has 7 aromatic rings. The fourth-order valence-electron chi connectivity index (χ4n) is 9.94. The van der Waals surface area contributed by atoms with E-state index in [4.69, 9.17) is 0 Å². The molecule has 2 aromatic heterocycles. The standard InChI is InChI=1S/C46H39BN4/c1-5-18-32(19-6-1)48-40-30-17-31-41-43(40)47(45-44(48)37-27-14-16-29-39(37)49(45)33-20-7-2-8-21-33)42-36-26-13-15-28-38(36)50(34-22-9-3-10-23-34)46(42)51(41)35-24-11-4-12-25-35/h1-12,17-25,30-31H,13-16,26-29H2. The minimum absolute atomic E-state index is 0.0868. The fraction of sp³-hybridized carbons (Fsp3) is 0.174. The van der Waals surface area contributed by atoms with Gasteiger partial charge >= 0.3 is 0 Å². The predicted molar refractivity (Wildman–Crippen MR) is 212 cm³/mol. The molecule has 246 valence electrons. The number of rotatable bonds is 4. The van der Waals surface area contributed by atoms with Crippen molar-refractivity contribution in [2.75, 3.05) is 9.80 Å². The molecular formula is C46H39BN4. The first-order chi connectivity index (χ1) is 25.4. The van der Waals surface area contributed by atoms with Crippen LogP contribution in [0.1, 0.15) is 48.2 Å². The highest BCUT2D eigenvalue weighted by Gasteiger charge is 2.50. The van der Waals surface area contributed by atoms with Crippen molar-refractivity contribution in [3.63, 3.8) is 0 Å². The van der Waals surface area contributed by atoms with E-state index in [1.807, 2.05) is 0 Å². The maximum Gasteiger partial charge on any atom is 0.275 e. The largest absolute Gasteiger partial charge is 0.323 e. The van der Waals surface area contributed by atoms with Crippen LogP contribution in [-0.2, 0) is 25.7 Å². The van der Waals surface area contributed by atoms with Crippen molar-refractivity contribution in [1.82, 2.24) is 9.13 Å². The molecule has 0 N–H and O–H groups in total. The van der Waals surface area contributed by atoms with Crippen LogP contribution in [0.5, 0.6) is 0 Å². The summed E-state index contributed by atoms with van der Waals surface area (Å²) in [7, 11) is 0. The molecule has 4 nitrogen and oxygen atoms in total. The van der Waals surface area contributed by atoms with Gasteiger partial charge in [-0.1, -0.05) is 78.9 Å². The van der Waals surface area contributed by atoms with Gasteiger partial charge in [-0.3, -0.25) is 4.90 Å². The highest BCUT2D eigenvalue weighted by Crippen LogP contribution is 2.49. The van der Waals surface area contributed by atoms with Gasteiger partial charge in [0.25, 0.3) is 6.71 Å². The first-order valence-electron chi connectivity index (χ1n) is 18.9. The van der Waals surface area contributed by atoms with Gasteiger partial charge in [-0.2, -0.15) is 0 Å². The zero-order valence-corrected chi connectivity index (χ0v) is 28.8. The lowest BCUT2D eigenvalue weighted by molar-refractivity contribution is 0.664. The monoisotopic (exact) mass is 658 g/mol. The molecule has 0 amide bonds. The van der Waals surface area contributed by atoms with Gasteiger partial charge in [0.2, 0.25) is 0 Å². The lowest BCUT2D eigenvalue weighted by Gasteiger charge is -2.43. The van der Waals surface area contributed by atoms with Crippen LogP contribution >= 0.6 is 0 Å². The Balaban J connectivity index is 1.33. The Hall–Kier alpha value is -5.68. The summed E-state index contributed by atoms with van der Waals surface area (Å²) in [6.45, 7) is 0.0868. The van der Waals surface area contributed by atoms with Crippen molar-refractivity contribution in [3.05, 3.63) is 162 Å². The van der Waals surface area contributed by atoms with E-state index in [1.165, 1.54) is 105 Å². The van der Waals surface area contributed by atoms with E-state index in [1.54, 1.807) is 5.56 Å². The van der Waals surface area contributed by atoms with E-state index in [0.29, 0.717) is 0 Å². The van der Waals surface area contributed by atoms with Crippen LogP contribution in [0, 0.1) is 0 Å². The number of nitrogens with zero attached hydrogens (tertiary/aromatic N) is 4. The van der Waals surface area contributed by atoms with Crippen LogP contribution < -0.4 is 26.3 Å². The second-order valence-electron chi connectivity index (χ2n) is 14.6. The molecule has 5 heteroatoms. The number of benzene rings is 5. The molecule has 0 unspecified atom stereocenters. The topological polar surface area (TPSA) is 16.3 Å². The lowest BCUT2D eigenvalue weighted by atomic mass is 9.34. The van der Waals surface area contributed by atoms with E-state index >= 15 is 0 Å². The number of anilines is 6. The molecule has 0 spiro atoms. The molecule has 5 aromatic carbocycles. The molecule has 4 heterocycles. The SMILES string of the molecule is c1ccc(N2c3cccc4c3B(c3c5c(n(-c6ccccc6)c3N4c3ccccc3)CCCC5)c3c2c2c(n3-c3ccccc3)CCCC2)cc1. The average Bonchev–Trinajstić information content (AvgIpc) is 3.73. The predicted octanol–water partition coefficient (Wildman–Crippen LogP) is 9.11. The first-order valence-corrected chi connectivity index (χ1v) is 18.9. The normalized spacial score (nSPS) is 15.5. The number of hydrogen-bond donors (Lipinski definition) is 0. The fourth-order valence-corrected chi connectivity index (χ4v) is 9.94. The summed E-state index contributed by atoms with van der Waals surface area (Å²) in [6, 6.07) is 51.7. The Kier molecular flexibility index (Phi) is 6.52. The molecule has 0 bridgehead atoms. The molecule has 11 rings (SSSR count). The van der Waals surface area contributed by atoms with Crippen LogP contribution in [0.4, 0.5) is 34.3 Å². The molecule has 0 atom stereocenters. The van der Waals surface area contributed by atoms with Gasteiger partial charge in [0.1, 0.15) is 5.82 Å². The summed E-state index contributed by atoms with van der Waals surface area (Å²) in [5, 5.41) is 0. The number of hydrogen-bond acceptors (Lipinski definition) is 2. The zero-order chi connectivity index (χ0) is 33.5. The number of fused-ring (bicyclic) bond motifs is 8. The van der Waals surface area contributed by atoms with Crippen molar-refractivity contribution in [2.24, 2.45) is 0 Å². The van der Waals surface area contributed by atoms with Gasteiger partial charge in [0.15, 0.2) is 0 Å². The highest BCUT2D eigenvalue weighted by molar-refractivity contribution is 7.00. The van der Waals surface area contributed by atoms with Gasteiger partial charge in [-0.05, 0) is 134 Å². The van der Waals surface area contributed by atoms with Crippen molar-refractivity contribution in [3.8, 4) is 11.4 Å². The summed E-state index contributed by atoms with van der Waals surface area (Å²) in [4.78, 5) is 5.23. The van der Waals surface area contributed by atoms with Gasteiger partial charge in [-0.15, -0.1) is 0 Å². The van der Waals surface area contributed by atoms with E-state index in [-0.39, 0.29) is 6.71 Å². The molecule has 0 fully saturated rings. The van der Waals surface area contributed by atoms with E-state index in [9.17, 15) is 0 Å². The lowest BCUT2D eigenvalue weighted by Crippen LogP contribution is -2.63. The Labute approximate surface area is 300 Å².